The average molecular weight is 251 g/mol. The Morgan fingerprint density at radius 3 is 2.33 bits per heavy atom. The standard InChI is InChI=1S/C10H12ClFO2S/c1-8-2-4-9(5-3-8)10(12)6-7-15(11,13)14/h2-5,10H,6-7H2,1H3. The molecule has 5 heteroatoms. The van der Waals surface area contributed by atoms with Crippen LogP contribution in [0.15, 0.2) is 24.3 Å². The van der Waals surface area contributed by atoms with Crippen molar-refractivity contribution in [2.24, 2.45) is 0 Å². The van der Waals surface area contributed by atoms with Gasteiger partial charge >= 0.3 is 0 Å². The van der Waals surface area contributed by atoms with Crippen LogP contribution in [-0.2, 0) is 9.05 Å². The fraction of sp³-hybridized carbons (Fsp3) is 0.400. The van der Waals surface area contributed by atoms with Gasteiger partial charge in [-0.3, -0.25) is 0 Å². The van der Waals surface area contributed by atoms with Crippen molar-refractivity contribution in [1.29, 1.82) is 0 Å². The van der Waals surface area contributed by atoms with E-state index in [2.05, 4.69) is 0 Å². The van der Waals surface area contributed by atoms with Crippen LogP contribution in [0.25, 0.3) is 0 Å². The third-order valence-corrected chi connectivity index (χ3v) is 3.24. The molecule has 1 aromatic carbocycles. The van der Waals surface area contributed by atoms with E-state index in [0.29, 0.717) is 5.56 Å². The second-order valence-electron chi connectivity index (χ2n) is 3.41. The molecule has 0 bridgehead atoms. The summed E-state index contributed by atoms with van der Waals surface area (Å²) in [5, 5.41) is 0. The smallest absolute Gasteiger partial charge is 0.232 e. The molecule has 0 aliphatic heterocycles. The molecule has 1 atom stereocenters. The molecule has 0 aliphatic rings. The summed E-state index contributed by atoms with van der Waals surface area (Å²) in [6.45, 7) is 1.90. The van der Waals surface area contributed by atoms with E-state index in [9.17, 15) is 12.8 Å². The lowest BCUT2D eigenvalue weighted by Gasteiger charge is -2.07. The summed E-state index contributed by atoms with van der Waals surface area (Å²) >= 11 is 0. The Labute approximate surface area is 93.5 Å². The van der Waals surface area contributed by atoms with Gasteiger partial charge in [-0.15, -0.1) is 0 Å². The van der Waals surface area contributed by atoms with Crippen molar-refractivity contribution < 1.29 is 12.8 Å². The van der Waals surface area contributed by atoms with Gasteiger partial charge in [0.15, 0.2) is 0 Å². The molecular weight excluding hydrogens is 239 g/mol. The minimum Gasteiger partial charge on any atom is -0.242 e. The van der Waals surface area contributed by atoms with Crippen LogP contribution in [-0.4, -0.2) is 14.2 Å². The number of hydrogen-bond donors (Lipinski definition) is 0. The molecule has 0 heterocycles. The summed E-state index contributed by atoms with van der Waals surface area (Å²) < 4.78 is 34.7. The molecule has 0 spiro atoms. The SMILES string of the molecule is Cc1ccc(C(F)CCS(=O)(=O)Cl)cc1. The number of benzene rings is 1. The topological polar surface area (TPSA) is 34.1 Å². The van der Waals surface area contributed by atoms with Gasteiger partial charge in [-0.05, 0) is 18.9 Å². The van der Waals surface area contributed by atoms with E-state index in [1.54, 1.807) is 24.3 Å². The molecule has 1 rings (SSSR count). The van der Waals surface area contributed by atoms with Crippen molar-refractivity contribution in [1.82, 2.24) is 0 Å². The van der Waals surface area contributed by atoms with Crippen molar-refractivity contribution in [2.45, 2.75) is 19.5 Å². The first-order valence-electron chi connectivity index (χ1n) is 4.51. The molecule has 0 amide bonds. The molecule has 15 heavy (non-hydrogen) atoms. The molecule has 84 valence electrons. The third-order valence-electron chi connectivity index (χ3n) is 2.05. The predicted molar refractivity (Wildman–Crippen MR) is 59.3 cm³/mol. The number of hydrogen-bond acceptors (Lipinski definition) is 2. The lowest BCUT2D eigenvalue weighted by molar-refractivity contribution is 0.335. The van der Waals surface area contributed by atoms with E-state index < -0.39 is 15.2 Å². The third kappa shape index (κ3) is 4.62. The molecule has 1 unspecified atom stereocenters. The van der Waals surface area contributed by atoms with Crippen LogP contribution in [0.5, 0.6) is 0 Å². The van der Waals surface area contributed by atoms with Crippen molar-refractivity contribution in [3.8, 4) is 0 Å². The van der Waals surface area contributed by atoms with Crippen LogP contribution >= 0.6 is 10.7 Å². The Balaban J connectivity index is 2.61. The number of aryl methyl sites for hydroxylation is 1. The molecule has 0 saturated heterocycles. The lowest BCUT2D eigenvalue weighted by Crippen LogP contribution is -2.02. The van der Waals surface area contributed by atoms with Crippen molar-refractivity contribution in [3.05, 3.63) is 35.4 Å². The van der Waals surface area contributed by atoms with Gasteiger partial charge in [0.25, 0.3) is 0 Å². The summed E-state index contributed by atoms with van der Waals surface area (Å²) in [5.41, 5.74) is 1.52. The fourth-order valence-electron chi connectivity index (χ4n) is 1.19. The first-order chi connectivity index (χ1) is 6.88. The summed E-state index contributed by atoms with van der Waals surface area (Å²) in [7, 11) is 1.39. The molecule has 0 N–H and O–H groups in total. The zero-order chi connectivity index (χ0) is 11.5. The van der Waals surface area contributed by atoms with Crippen LogP contribution in [0.2, 0.25) is 0 Å². The molecule has 0 radical (unpaired) electrons. The van der Waals surface area contributed by atoms with Gasteiger partial charge in [0.05, 0.1) is 5.75 Å². The maximum atomic E-state index is 13.5. The van der Waals surface area contributed by atoms with E-state index in [4.69, 9.17) is 10.7 Å². The largest absolute Gasteiger partial charge is 0.242 e. The Morgan fingerprint density at radius 2 is 1.87 bits per heavy atom. The zero-order valence-electron chi connectivity index (χ0n) is 8.28. The summed E-state index contributed by atoms with van der Waals surface area (Å²) in [4.78, 5) is 0. The highest BCUT2D eigenvalue weighted by Gasteiger charge is 2.14. The van der Waals surface area contributed by atoms with Crippen molar-refractivity contribution >= 4 is 19.7 Å². The van der Waals surface area contributed by atoms with E-state index in [1.807, 2.05) is 6.92 Å². The van der Waals surface area contributed by atoms with Crippen LogP contribution in [0.3, 0.4) is 0 Å². The summed E-state index contributed by atoms with van der Waals surface area (Å²) in [5.74, 6) is -0.344. The van der Waals surface area contributed by atoms with E-state index in [1.165, 1.54) is 0 Å². The quantitative estimate of drug-likeness (QED) is 0.770. The Morgan fingerprint density at radius 1 is 1.33 bits per heavy atom. The van der Waals surface area contributed by atoms with Crippen molar-refractivity contribution in [3.63, 3.8) is 0 Å². The Bertz CT molecular complexity index is 414. The molecule has 0 fully saturated rings. The van der Waals surface area contributed by atoms with Gasteiger partial charge in [0, 0.05) is 10.7 Å². The van der Waals surface area contributed by atoms with E-state index >= 15 is 0 Å². The second kappa shape index (κ2) is 4.94. The minimum atomic E-state index is -3.60. The maximum Gasteiger partial charge on any atom is 0.232 e. The summed E-state index contributed by atoms with van der Waals surface area (Å²) in [6, 6.07) is 6.88. The van der Waals surface area contributed by atoms with Crippen molar-refractivity contribution in [2.75, 3.05) is 5.75 Å². The van der Waals surface area contributed by atoms with Gasteiger partial charge in [0.1, 0.15) is 6.17 Å². The van der Waals surface area contributed by atoms with Crippen LogP contribution in [0, 0.1) is 6.92 Å². The maximum absolute atomic E-state index is 13.5. The highest BCUT2D eigenvalue weighted by Crippen LogP contribution is 2.22. The monoisotopic (exact) mass is 250 g/mol. The first-order valence-corrected chi connectivity index (χ1v) is 6.99. The van der Waals surface area contributed by atoms with Gasteiger partial charge in [-0.25, -0.2) is 12.8 Å². The van der Waals surface area contributed by atoms with Gasteiger partial charge in [-0.2, -0.15) is 0 Å². The number of alkyl halides is 1. The molecule has 2 nitrogen and oxygen atoms in total. The first kappa shape index (κ1) is 12.5. The van der Waals surface area contributed by atoms with Crippen LogP contribution in [0.1, 0.15) is 23.7 Å². The second-order valence-corrected chi connectivity index (χ2v) is 6.31. The number of rotatable bonds is 4. The van der Waals surface area contributed by atoms with Crippen LogP contribution < -0.4 is 0 Å². The van der Waals surface area contributed by atoms with E-state index in [-0.39, 0.29) is 12.2 Å². The fourth-order valence-corrected chi connectivity index (χ4v) is 1.94. The predicted octanol–water partition coefficient (Wildman–Crippen LogP) is 2.96. The molecule has 0 saturated carbocycles. The normalized spacial score (nSPS) is 13.8. The minimum absolute atomic E-state index is 0.102. The molecule has 0 aliphatic carbocycles. The highest BCUT2D eigenvalue weighted by molar-refractivity contribution is 8.13. The van der Waals surface area contributed by atoms with E-state index in [0.717, 1.165) is 5.56 Å². The number of halogens is 2. The Kier molecular flexibility index (Phi) is 4.11. The summed E-state index contributed by atoms with van der Waals surface area (Å²) in [6.07, 6.45) is -1.38. The lowest BCUT2D eigenvalue weighted by atomic mass is 10.1. The Hall–Kier alpha value is -0.610. The molecular formula is C10H12ClFO2S. The average Bonchev–Trinajstić information content (AvgIpc) is 2.14. The molecule has 1 aromatic rings. The van der Waals surface area contributed by atoms with Gasteiger partial charge in [-0.1, -0.05) is 29.8 Å². The highest BCUT2D eigenvalue weighted by atomic mass is 35.7. The zero-order valence-corrected chi connectivity index (χ0v) is 9.85. The van der Waals surface area contributed by atoms with Gasteiger partial charge < -0.3 is 0 Å². The van der Waals surface area contributed by atoms with Gasteiger partial charge in [0.2, 0.25) is 9.05 Å². The van der Waals surface area contributed by atoms with Crippen LogP contribution in [0.4, 0.5) is 4.39 Å². The molecule has 0 aromatic heterocycles.